The summed E-state index contributed by atoms with van der Waals surface area (Å²) in [4.78, 5) is 7.61. The van der Waals surface area contributed by atoms with Gasteiger partial charge in [0.2, 0.25) is 0 Å². The SMILES string of the molecule is Cn1nncc1C=C(Cl)c1nc2ccc(Br)cc2[nH]1. The van der Waals surface area contributed by atoms with Crippen LogP contribution in [0.1, 0.15) is 11.5 Å². The summed E-state index contributed by atoms with van der Waals surface area (Å²) in [5, 5.41) is 8.15. The summed E-state index contributed by atoms with van der Waals surface area (Å²) in [7, 11) is 1.80. The average molecular weight is 339 g/mol. The van der Waals surface area contributed by atoms with Gasteiger partial charge in [0.15, 0.2) is 0 Å². The van der Waals surface area contributed by atoms with Crippen LogP contribution in [0, 0.1) is 0 Å². The molecule has 19 heavy (non-hydrogen) atoms. The summed E-state index contributed by atoms with van der Waals surface area (Å²) in [6.07, 6.45) is 3.41. The maximum absolute atomic E-state index is 6.27. The lowest BCUT2D eigenvalue weighted by atomic mass is 10.3. The van der Waals surface area contributed by atoms with Crippen molar-refractivity contribution in [2.45, 2.75) is 0 Å². The number of aryl methyl sites for hydroxylation is 1. The van der Waals surface area contributed by atoms with Crippen molar-refractivity contribution >= 4 is 49.7 Å². The van der Waals surface area contributed by atoms with E-state index in [0.717, 1.165) is 21.2 Å². The Balaban J connectivity index is 2.04. The van der Waals surface area contributed by atoms with Crippen molar-refractivity contribution < 1.29 is 0 Å². The standard InChI is InChI=1S/C12H9BrClN5/c1-19-8(6-15-18-19)5-9(14)12-16-10-3-2-7(13)4-11(10)17-12/h2-6H,1H3,(H,16,17). The van der Waals surface area contributed by atoms with Crippen LogP contribution in [-0.2, 0) is 7.05 Å². The third kappa shape index (κ3) is 2.41. The molecule has 2 aromatic heterocycles. The molecule has 3 aromatic rings. The molecule has 7 heteroatoms. The van der Waals surface area contributed by atoms with Gasteiger partial charge in [-0.1, -0.05) is 32.7 Å². The number of halogens is 2. The van der Waals surface area contributed by atoms with Gasteiger partial charge in [-0.3, -0.25) is 0 Å². The van der Waals surface area contributed by atoms with Crippen LogP contribution in [0.5, 0.6) is 0 Å². The molecule has 0 aliphatic heterocycles. The molecular formula is C12H9BrClN5. The molecule has 0 saturated carbocycles. The molecule has 0 aliphatic carbocycles. The Hall–Kier alpha value is -1.66. The molecule has 1 aromatic carbocycles. The second kappa shape index (κ2) is 4.79. The van der Waals surface area contributed by atoms with Crippen LogP contribution in [-0.4, -0.2) is 25.0 Å². The molecule has 3 rings (SSSR count). The van der Waals surface area contributed by atoms with Gasteiger partial charge >= 0.3 is 0 Å². The number of H-pyrrole nitrogens is 1. The van der Waals surface area contributed by atoms with Crippen molar-refractivity contribution in [2.75, 3.05) is 0 Å². The molecule has 0 bridgehead atoms. The monoisotopic (exact) mass is 337 g/mol. The number of hydrogen-bond acceptors (Lipinski definition) is 3. The Bertz CT molecular complexity index is 773. The zero-order chi connectivity index (χ0) is 13.4. The van der Waals surface area contributed by atoms with E-state index in [2.05, 4.69) is 36.2 Å². The van der Waals surface area contributed by atoms with Gasteiger partial charge in [-0.25, -0.2) is 9.67 Å². The fourth-order valence-corrected chi connectivity index (χ4v) is 2.28. The molecule has 0 amide bonds. The van der Waals surface area contributed by atoms with Crippen molar-refractivity contribution in [3.63, 3.8) is 0 Å². The molecule has 0 atom stereocenters. The number of nitrogens with one attached hydrogen (secondary N) is 1. The highest BCUT2D eigenvalue weighted by atomic mass is 79.9. The largest absolute Gasteiger partial charge is 0.337 e. The summed E-state index contributed by atoms with van der Waals surface area (Å²) in [6, 6.07) is 5.83. The van der Waals surface area contributed by atoms with E-state index in [1.54, 1.807) is 24.0 Å². The van der Waals surface area contributed by atoms with Gasteiger partial charge in [0.25, 0.3) is 0 Å². The normalized spacial score (nSPS) is 12.3. The van der Waals surface area contributed by atoms with Crippen LogP contribution < -0.4 is 0 Å². The van der Waals surface area contributed by atoms with Gasteiger partial charge in [0.1, 0.15) is 5.82 Å². The smallest absolute Gasteiger partial charge is 0.150 e. The van der Waals surface area contributed by atoms with Gasteiger partial charge < -0.3 is 4.98 Å². The predicted molar refractivity (Wildman–Crippen MR) is 78.5 cm³/mol. The molecule has 96 valence electrons. The summed E-state index contributed by atoms with van der Waals surface area (Å²) in [5.74, 6) is 0.621. The highest BCUT2D eigenvalue weighted by molar-refractivity contribution is 9.10. The van der Waals surface area contributed by atoms with Gasteiger partial charge in [-0.2, -0.15) is 0 Å². The fraction of sp³-hybridized carbons (Fsp3) is 0.0833. The molecule has 1 N–H and O–H groups in total. The van der Waals surface area contributed by atoms with Gasteiger partial charge in [-0.15, -0.1) is 5.10 Å². The maximum Gasteiger partial charge on any atom is 0.150 e. The van der Waals surface area contributed by atoms with E-state index in [4.69, 9.17) is 11.6 Å². The van der Waals surface area contributed by atoms with Crippen LogP contribution >= 0.6 is 27.5 Å². The number of aromatic amines is 1. The van der Waals surface area contributed by atoms with Crippen LogP contribution in [0.4, 0.5) is 0 Å². The summed E-state index contributed by atoms with van der Waals surface area (Å²) >= 11 is 9.69. The summed E-state index contributed by atoms with van der Waals surface area (Å²) in [6.45, 7) is 0. The van der Waals surface area contributed by atoms with Crippen molar-refractivity contribution in [3.8, 4) is 0 Å². The van der Waals surface area contributed by atoms with Crippen molar-refractivity contribution in [2.24, 2.45) is 7.05 Å². The number of fused-ring (bicyclic) bond motifs is 1. The van der Waals surface area contributed by atoms with E-state index in [0.29, 0.717) is 10.9 Å². The number of nitrogens with zero attached hydrogens (tertiary/aromatic N) is 4. The van der Waals surface area contributed by atoms with E-state index in [9.17, 15) is 0 Å². The van der Waals surface area contributed by atoms with Gasteiger partial charge in [0, 0.05) is 11.5 Å². The lowest BCUT2D eigenvalue weighted by Crippen LogP contribution is -1.93. The number of imidazole rings is 1. The van der Waals surface area contributed by atoms with Crippen LogP contribution in [0.3, 0.4) is 0 Å². The Morgan fingerprint density at radius 2 is 2.32 bits per heavy atom. The number of benzene rings is 1. The van der Waals surface area contributed by atoms with Crippen molar-refractivity contribution in [1.82, 2.24) is 25.0 Å². The van der Waals surface area contributed by atoms with Gasteiger partial charge in [-0.05, 0) is 24.3 Å². The van der Waals surface area contributed by atoms with E-state index in [1.165, 1.54) is 0 Å². The van der Waals surface area contributed by atoms with E-state index >= 15 is 0 Å². The Kier molecular flexibility index (Phi) is 3.12. The Labute approximate surface area is 122 Å². The molecular weight excluding hydrogens is 330 g/mol. The second-order valence-corrected chi connectivity index (χ2v) is 5.34. The molecule has 0 fully saturated rings. The first-order valence-electron chi connectivity index (χ1n) is 5.51. The van der Waals surface area contributed by atoms with Crippen LogP contribution in [0.2, 0.25) is 0 Å². The lowest BCUT2D eigenvalue weighted by Gasteiger charge is -1.94. The lowest BCUT2D eigenvalue weighted by molar-refractivity contribution is 0.709. The first kappa shape index (κ1) is 12.4. The minimum Gasteiger partial charge on any atom is -0.337 e. The zero-order valence-electron chi connectivity index (χ0n) is 9.93. The van der Waals surface area contributed by atoms with E-state index in [1.807, 2.05) is 18.2 Å². The third-order valence-corrected chi connectivity index (χ3v) is 3.48. The molecule has 0 aliphatic rings. The Morgan fingerprint density at radius 3 is 3.05 bits per heavy atom. The minimum absolute atomic E-state index is 0.512. The predicted octanol–water partition coefficient (Wildman–Crippen LogP) is 3.19. The number of hydrogen-bond donors (Lipinski definition) is 1. The quantitative estimate of drug-likeness (QED) is 0.780. The summed E-state index contributed by atoms with van der Waals surface area (Å²) in [5.41, 5.74) is 2.61. The second-order valence-electron chi connectivity index (χ2n) is 4.02. The molecule has 0 radical (unpaired) electrons. The van der Waals surface area contributed by atoms with Crippen LogP contribution in [0.15, 0.2) is 28.9 Å². The maximum atomic E-state index is 6.27. The minimum atomic E-state index is 0.512. The van der Waals surface area contributed by atoms with Crippen LogP contribution in [0.25, 0.3) is 22.1 Å². The first-order valence-corrected chi connectivity index (χ1v) is 6.68. The third-order valence-electron chi connectivity index (χ3n) is 2.69. The van der Waals surface area contributed by atoms with Crippen molar-refractivity contribution in [1.29, 1.82) is 0 Å². The summed E-state index contributed by atoms with van der Waals surface area (Å²) < 4.78 is 2.63. The first-order chi connectivity index (χ1) is 9.13. The highest BCUT2D eigenvalue weighted by Crippen LogP contribution is 2.24. The fourth-order valence-electron chi connectivity index (χ4n) is 1.72. The van der Waals surface area contributed by atoms with E-state index in [-0.39, 0.29) is 0 Å². The average Bonchev–Trinajstić information content (AvgIpc) is 2.96. The molecule has 2 heterocycles. The molecule has 0 spiro atoms. The Morgan fingerprint density at radius 1 is 1.47 bits per heavy atom. The van der Waals surface area contributed by atoms with Gasteiger partial charge in [0.05, 0.1) is 28.0 Å². The highest BCUT2D eigenvalue weighted by Gasteiger charge is 2.07. The molecule has 0 saturated heterocycles. The zero-order valence-corrected chi connectivity index (χ0v) is 12.3. The molecule has 5 nitrogen and oxygen atoms in total. The molecule has 0 unspecified atom stereocenters. The number of rotatable bonds is 2. The topological polar surface area (TPSA) is 59.4 Å². The number of aromatic nitrogens is 5. The van der Waals surface area contributed by atoms with E-state index < -0.39 is 0 Å². The van der Waals surface area contributed by atoms with Crippen molar-refractivity contribution in [3.05, 3.63) is 40.4 Å².